The minimum absolute atomic E-state index is 0.692. The van der Waals surface area contributed by atoms with Crippen LogP contribution in [0.1, 0.15) is 22.5 Å². The monoisotopic (exact) mass is 248 g/mol. The Morgan fingerprint density at radius 1 is 1.35 bits per heavy atom. The van der Waals surface area contributed by atoms with Gasteiger partial charge in [0.25, 0.3) is 0 Å². The van der Waals surface area contributed by atoms with Crippen LogP contribution < -0.4 is 5.32 Å². The van der Waals surface area contributed by atoms with E-state index in [1.165, 1.54) is 9.88 Å². The molecule has 2 rings (SSSR count). The van der Waals surface area contributed by atoms with Crippen molar-refractivity contribution < 1.29 is 0 Å². The van der Waals surface area contributed by atoms with Crippen LogP contribution in [0.5, 0.6) is 0 Å². The van der Waals surface area contributed by atoms with E-state index in [2.05, 4.69) is 27.2 Å². The van der Waals surface area contributed by atoms with Crippen LogP contribution in [0.15, 0.2) is 18.5 Å². The predicted molar refractivity (Wildman–Crippen MR) is 70.5 cm³/mol. The number of aryl methyl sites for hydroxylation is 2. The Labute approximate surface area is 105 Å². The fraction of sp³-hybridized carbons (Fsp3) is 0.417. The molecule has 0 aliphatic heterocycles. The van der Waals surface area contributed by atoms with Gasteiger partial charge in [0.05, 0.1) is 5.01 Å². The van der Waals surface area contributed by atoms with E-state index in [1.54, 1.807) is 17.5 Å². The number of rotatable bonds is 5. The maximum Gasteiger partial charge on any atom is 0.222 e. The van der Waals surface area contributed by atoms with E-state index in [9.17, 15) is 0 Å². The molecular weight excluding hydrogens is 232 g/mol. The zero-order valence-corrected chi connectivity index (χ0v) is 10.9. The lowest BCUT2D eigenvalue weighted by Crippen LogP contribution is -2.07. The molecule has 0 amide bonds. The van der Waals surface area contributed by atoms with Gasteiger partial charge in [-0.25, -0.2) is 15.0 Å². The van der Waals surface area contributed by atoms with Crippen LogP contribution in [0, 0.1) is 6.92 Å². The molecule has 17 heavy (non-hydrogen) atoms. The second-order valence-corrected chi connectivity index (χ2v) is 4.97. The van der Waals surface area contributed by atoms with Crippen LogP contribution in [0.2, 0.25) is 0 Å². The molecule has 2 heterocycles. The molecule has 0 atom stereocenters. The fourth-order valence-corrected chi connectivity index (χ4v) is 2.30. The summed E-state index contributed by atoms with van der Waals surface area (Å²) in [6.07, 6.45) is 5.71. The lowest BCUT2D eigenvalue weighted by molar-refractivity contribution is 0.961. The number of anilines is 1. The predicted octanol–water partition coefficient (Wildman–Crippen LogP) is 2.46. The van der Waals surface area contributed by atoms with E-state index in [1.807, 2.05) is 19.2 Å². The molecule has 0 bridgehead atoms. The average Bonchev–Trinajstić information content (AvgIpc) is 2.77. The standard InChI is InChI=1S/C12H16N4S/c1-3-10-8-15-11(17-10)5-7-14-12-13-6-4-9(2)16-12/h4,6,8H,3,5,7H2,1-2H3,(H,13,14,16). The average molecular weight is 248 g/mol. The fourth-order valence-electron chi connectivity index (χ4n) is 1.44. The third-order valence-electron chi connectivity index (χ3n) is 2.37. The van der Waals surface area contributed by atoms with E-state index in [0.717, 1.165) is 25.1 Å². The van der Waals surface area contributed by atoms with Crippen LogP contribution >= 0.6 is 11.3 Å². The van der Waals surface area contributed by atoms with Crippen LogP contribution in [0.25, 0.3) is 0 Å². The summed E-state index contributed by atoms with van der Waals surface area (Å²) in [7, 11) is 0. The van der Waals surface area contributed by atoms with E-state index < -0.39 is 0 Å². The summed E-state index contributed by atoms with van der Waals surface area (Å²) >= 11 is 1.78. The molecule has 4 nitrogen and oxygen atoms in total. The zero-order chi connectivity index (χ0) is 12.1. The lowest BCUT2D eigenvalue weighted by atomic mass is 10.4. The van der Waals surface area contributed by atoms with Crippen molar-refractivity contribution in [2.45, 2.75) is 26.7 Å². The van der Waals surface area contributed by atoms with E-state index >= 15 is 0 Å². The van der Waals surface area contributed by atoms with Gasteiger partial charge in [0.2, 0.25) is 5.95 Å². The number of hydrogen-bond donors (Lipinski definition) is 1. The Bertz CT molecular complexity index is 481. The highest BCUT2D eigenvalue weighted by Crippen LogP contribution is 2.13. The molecule has 0 aromatic carbocycles. The maximum absolute atomic E-state index is 4.37. The largest absolute Gasteiger partial charge is 0.354 e. The normalized spacial score (nSPS) is 10.5. The van der Waals surface area contributed by atoms with Crippen molar-refractivity contribution >= 4 is 17.3 Å². The van der Waals surface area contributed by atoms with Gasteiger partial charge in [0.15, 0.2) is 0 Å². The Kier molecular flexibility index (Phi) is 4.03. The number of aromatic nitrogens is 3. The topological polar surface area (TPSA) is 50.7 Å². The minimum Gasteiger partial charge on any atom is -0.354 e. The molecule has 90 valence electrons. The summed E-state index contributed by atoms with van der Waals surface area (Å²) < 4.78 is 0. The second-order valence-electron chi connectivity index (χ2n) is 3.77. The molecule has 0 fully saturated rings. The second kappa shape index (κ2) is 5.72. The summed E-state index contributed by atoms with van der Waals surface area (Å²) in [5, 5.41) is 4.37. The minimum atomic E-state index is 0.692. The van der Waals surface area contributed by atoms with Crippen molar-refractivity contribution in [1.29, 1.82) is 0 Å². The van der Waals surface area contributed by atoms with Crippen molar-refractivity contribution in [3.8, 4) is 0 Å². The lowest BCUT2D eigenvalue weighted by Gasteiger charge is -2.03. The first-order chi connectivity index (χ1) is 8.28. The molecule has 5 heteroatoms. The van der Waals surface area contributed by atoms with Crippen molar-refractivity contribution in [3.63, 3.8) is 0 Å². The van der Waals surface area contributed by atoms with Gasteiger partial charge in [-0.15, -0.1) is 11.3 Å². The van der Waals surface area contributed by atoms with Crippen molar-refractivity contribution in [1.82, 2.24) is 15.0 Å². The van der Waals surface area contributed by atoms with Crippen molar-refractivity contribution in [3.05, 3.63) is 34.0 Å². The number of hydrogen-bond acceptors (Lipinski definition) is 5. The molecule has 0 unspecified atom stereocenters. The molecule has 0 radical (unpaired) electrons. The Balaban J connectivity index is 1.83. The van der Waals surface area contributed by atoms with Crippen LogP contribution in [0.4, 0.5) is 5.95 Å². The zero-order valence-electron chi connectivity index (χ0n) is 10.1. The summed E-state index contributed by atoms with van der Waals surface area (Å²) in [5.74, 6) is 0.692. The Hall–Kier alpha value is -1.49. The number of nitrogens with zero attached hydrogens (tertiary/aromatic N) is 3. The molecule has 0 aliphatic carbocycles. The van der Waals surface area contributed by atoms with Gasteiger partial charge >= 0.3 is 0 Å². The van der Waals surface area contributed by atoms with Gasteiger partial charge in [-0.2, -0.15) is 0 Å². The molecule has 0 saturated heterocycles. The van der Waals surface area contributed by atoms with Crippen LogP contribution in [-0.4, -0.2) is 21.5 Å². The molecule has 1 N–H and O–H groups in total. The highest BCUT2D eigenvalue weighted by molar-refractivity contribution is 7.11. The molecule has 0 aliphatic rings. The molecule has 2 aromatic rings. The van der Waals surface area contributed by atoms with Gasteiger partial charge < -0.3 is 5.32 Å². The summed E-state index contributed by atoms with van der Waals surface area (Å²) in [4.78, 5) is 14.2. The summed E-state index contributed by atoms with van der Waals surface area (Å²) in [5.41, 5.74) is 0.977. The van der Waals surface area contributed by atoms with E-state index in [-0.39, 0.29) is 0 Å². The number of nitrogens with one attached hydrogen (secondary N) is 1. The maximum atomic E-state index is 4.37. The molecule has 0 saturated carbocycles. The molecular formula is C12H16N4S. The first-order valence-electron chi connectivity index (χ1n) is 5.75. The molecule has 2 aromatic heterocycles. The highest BCUT2D eigenvalue weighted by Gasteiger charge is 2.01. The van der Waals surface area contributed by atoms with E-state index in [4.69, 9.17) is 0 Å². The van der Waals surface area contributed by atoms with Gasteiger partial charge in [-0.05, 0) is 19.4 Å². The van der Waals surface area contributed by atoms with Crippen LogP contribution in [-0.2, 0) is 12.8 Å². The molecule has 0 spiro atoms. The smallest absolute Gasteiger partial charge is 0.222 e. The first-order valence-corrected chi connectivity index (χ1v) is 6.56. The number of thiazole rings is 1. The Morgan fingerprint density at radius 3 is 2.94 bits per heavy atom. The SMILES string of the molecule is CCc1cnc(CCNc2nccc(C)n2)s1. The van der Waals surface area contributed by atoms with Crippen molar-refractivity contribution in [2.75, 3.05) is 11.9 Å². The van der Waals surface area contributed by atoms with Gasteiger partial charge in [-0.1, -0.05) is 6.92 Å². The Morgan fingerprint density at radius 2 is 2.24 bits per heavy atom. The summed E-state index contributed by atoms with van der Waals surface area (Å²) in [6, 6.07) is 1.89. The highest BCUT2D eigenvalue weighted by atomic mass is 32.1. The first kappa shape index (κ1) is 12.0. The van der Waals surface area contributed by atoms with Gasteiger partial charge in [0, 0.05) is 35.9 Å². The van der Waals surface area contributed by atoms with Gasteiger partial charge in [-0.3, -0.25) is 0 Å². The van der Waals surface area contributed by atoms with Crippen molar-refractivity contribution in [2.24, 2.45) is 0 Å². The van der Waals surface area contributed by atoms with Crippen LogP contribution in [0.3, 0.4) is 0 Å². The third kappa shape index (κ3) is 3.49. The summed E-state index contributed by atoms with van der Waals surface area (Å²) in [6.45, 7) is 4.93. The van der Waals surface area contributed by atoms with E-state index in [0.29, 0.717) is 5.95 Å². The third-order valence-corrected chi connectivity index (χ3v) is 3.57. The quantitative estimate of drug-likeness (QED) is 0.883. The van der Waals surface area contributed by atoms with Gasteiger partial charge in [0.1, 0.15) is 0 Å².